The van der Waals surface area contributed by atoms with Crippen LogP contribution in [0.3, 0.4) is 0 Å². The van der Waals surface area contributed by atoms with Crippen LogP contribution in [0.1, 0.15) is 58.1 Å². The second-order valence-electron chi connectivity index (χ2n) is 11.5. The van der Waals surface area contributed by atoms with Crippen molar-refractivity contribution in [3.8, 4) is 6.07 Å². The number of nitrogens with zero attached hydrogens (tertiary/aromatic N) is 2. The Morgan fingerprint density at radius 1 is 1.27 bits per heavy atom. The second kappa shape index (κ2) is 11.5. The topological polar surface area (TPSA) is 125 Å². The number of amides is 1. The number of alkyl halides is 3. The molecule has 0 saturated carbocycles. The van der Waals surface area contributed by atoms with Crippen LogP contribution in [-0.2, 0) is 23.8 Å². The number of carbonyl (C=O) groups excluding carboxylic acids is 2. The molecule has 3 heterocycles. The molecular formula is C27H36F3N5O5. The largest absolute Gasteiger partial charge is 0.458 e. The molecule has 3 aliphatic heterocycles. The summed E-state index contributed by atoms with van der Waals surface area (Å²) in [7, 11) is 1.00. The number of esters is 1. The Morgan fingerprint density at radius 2 is 1.98 bits per heavy atom. The minimum absolute atomic E-state index is 0.0401. The molecule has 0 aliphatic carbocycles. The summed E-state index contributed by atoms with van der Waals surface area (Å²) in [5.74, 6) is -1.17. The highest BCUT2D eigenvalue weighted by molar-refractivity contribution is 5.82. The summed E-state index contributed by atoms with van der Waals surface area (Å²) in [4.78, 5) is 25.6. The van der Waals surface area contributed by atoms with Crippen molar-refractivity contribution in [3.05, 3.63) is 29.8 Å². The van der Waals surface area contributed by atoms with E-state index < -0.39 is 47.6 Å². The maximum Gasteiger partial charge on any atom is 0.418 e. The molecule has 3 aliphatic rings. The number of anilines is 1. The van der Waals surface area contributed by atoms with Gasteiger partial charge in [0, 0.05) is 25.4 Å². The summed E-state index contributed by atoms with van der Waals surface area (Å²) in [6, 6.07) is 7.64. The number of methoxy groups -OCH3 is 1. The molecule has 0 spiro atoms. The van der Waals surface area contributed by atoms with Gasteiger partial charge in [-0.25, -0.2) is 15.2 Å². The van der Waals surface area contributed by atoms with E-state index in [1.165, 1.54) is 24.3 Å². The van der Waals surface area contributed by atoms with E-state index in [4.69, 9.17) is 9.47 Å². The van der Waals surface area contributed by atoms with Crippen molar-refractivity contribution in [3.63, 3.8) is 0 Å². The lowest BCUT2D eigenvalue weighted by molar-refractivity contribution is -0.216. The number of carbonyl (C=O) groups is 2. The minimum Gasteiger partial charge on any atom is -0.458 e. The maximum absolute atomic E-state index is 13.3. The summed E-state index contributed by atoms with van der Waals surface area (Å²) in [6.07, 6.45) is -6.43. The van der Waals surface area contributed by atoms with Crippen LogP contribution in [0.4, 0.5) is 18.9 Å². The molecule has 1 aromatic carbocycles. The smallest absolute Gasteiger partial charge is 0.418 e. The van der Waals surface area contributed by atoms with E-state index in [0.717, 1.165) is 7.11 Å². The van der Waals surface area contributed by atoms with Gasteiger partial charge in [0.25, 0.3) is 0 Å². The first-order valence-corrected chi connectivity index (χ1v) is 13.3. The monoisotopic (exact) mass is 567 g/mol. The number of rotatable bonds is 7. The number of halogens is 3. The van der Waals surface area contributed by atoms with Crippen molar-refractivity contribution in [2.24, 2.45) is 5.92 Å². The Morgan fingerprint density at radius 3 is 2.52 bits per heavy atom. The van der Waals surface area contributed by atoms with Crippen molar-refractivity contribution < 1.29 is 37.0 Å². The zero-order valence-corrected chi connectivity index (χ0v) is 23.0. The summed E-state index contributed by atoms with van der Waals surface area (Å²) in [6.45, 7) is 5.88. The molecule has 4 rings (SSSR count). The molecule has 220 valence electrons. The quantitative estimate of drug-likeness (QED) is 0.426. The standard InChI is InChI=1S/C27H36F3N5O5/c1-25(2,3)40-24(37)19-9-11-26(12-13-31,15-39-19)35-18-10-14-32-23(36)20(18)22(34-35)33-17-7-5-16(6-8-17)21(38-4)27(28,29)30/h5-8,18-22,33-34H,9-12,14-15H2,1-4H3,(H,32,36)/t18?,19-,20?,21+,22?,26-/m0/s1. The van der Waals surface area contributed by atoms with E-state index in [-0.39, 0.29) is 30.5 Å². The zero-order chi connectivity index (χ0) is 29.3. The summed E-state index contributed by atoms with van der Waals surface area (Å²) < 4.78 is 55.9. The predicted octanol–water partition coefficient (Wildman–Crippen LogP) is 3.17. The van der Waals surface area contributed by atoms with Gasteiger partial charge in [-0.05, 0) is 57.7 Å². The molecule has 13 heteroatoms. The van der Waals surface area contributed by atoms with Gasteiger partial charge in [0.05, 0.1) is 30.6 Å². The number of fused-ring (bicyclic) bond motifs is 1. The third-order valence-electron chi connectivity index (χ3n) is 7.51. The van der Waals surface area contributed by atoms with Crippen molar-refractivity contribution in [2.45, 2.75) is 88.2 Å². The van der Waals surface area contributed by atoms with Gasteiger partial charge in [-0.1, -0.05) is 12.1 Å². The van der Waals surface area contributed by atoms with Gasteiger partial charge in [0.2, 0.25) is 5.91 Å². The van der Waals surface area contributed by atoms with E-state index in [1.807, 2.05) is 5.01 Å². The average molecular weight is 568 g/mol. The van der Waals surface area contributed by atoms with Crippen molar-refractivity contribution >= 4 is 17.6 Å². The SMILES string of the molecule is CO[C@H](c1ccc(NC2NN([C@]3(CC#N)CC[C@@H](C(=O)OC(C)(C)C)OC3)C3CCNC(=O)C23)cc1)C(F)(F)F. The summed E-state index contributed by atoms with van der Waals surface area (Å²) in [5.41, 5.74) is 2.39. The first kappa shape index (κ1) is 30.0. The molecule has 3 unspecified atom stereocenters. The van der Waals surface area contributed by atoms with Gasteiger partial charge < -0.3 is 24.8 Å². The fraction of sp³-hybridized carbons (Fsp3) is 0.667. The Hall–Kier alpha value is -2.92. The Bertz CT molecular complexity index is 1110. The fourth-order valence-electron chi connectivity index (χ4n) is 5.73. The molecule has 1 amide bonds. The van der Waals surface area contributed by atoms with Crippen LogP contribution < -0.4 is 16.1 Å². The van der Waals surface area contributed by atoms with E-state index in [9.17, 15) is 28.0 Å². The van der Waals surface area contributed by atoms with Crippen molar-refractivity contribution in [1.82, 2.24) is 15.8 Å². The molecule has 3 saturated heterocycles. The summed E-state index contributed by atoms with van der Waals surface area (Å²) in [5, 5.41) is 17.8. The molecule has 0 aromatic heterocycles. The number of ether oxygens (including phenoxy) is 3. The van der Waals surface area contributed by atoms with Gasteiger partial charge in [-0.2, -0.15) is 18.4 Å². The molecule has 3 fully saturated rings. The van der Waals surface area contributed by atoms with E-state index >= 15 is 0 Å². The highest BCUT2D eigenvalue weighted by Gasteiger charge is 2.56. The van der Waals surface area contributed by atoms with Gasteiger partial charge >= 0.3 is 12.1 Å². The fourth-order valence-corrected chi connectivity index (χ4v) is 5.73. The molecule has 0 radical (unpaired) electrons. The van der Waals surface area contributed by atoms with Gasteiger partial charge in [0.15, 0.2) is 12.2 Å². The minimum atomic E-state index is -4.55. The average Bonchev–Trinajstić information content (AvgIpc) is 3.24. The van der Waals surface area contributed by atoms with Crippen LogP contribution in [0.25, 0.3) is 0 Å². The van der Waals surface area contributed by atoms with Crippen LogP contribution in [0, 0.1) is 17.2 Å². The Kier molecular flexibility index (Phi) is 8.65. The molecule has 6 atom stereocenters. The van der Waals surface area contributed by atoms with Crippen molar-refractivity contribution in [2.75, 3.05) is 25.6 Å². The lowest BCUT2D eigenvalue weighted by Crippen LogP contribution is -2.63. The Balaban J connectivity index is 1.53. The van der Waals surface area contributed by atoms with Crippen LogP contribution in [-0.4, -0.2) is 72.8 Å². The number of hydrogen-bond donors (Lipinski definition) is 3. The van der Waals surface area contributed by atoms with Gasteiger partial charge in [-0.15, -0.1) is 0 Å². The number of hydrogen-bond acceptors (Lipinski definition) is 9. The third-order valence-corrected chi connectivity index (χ3v) is 7.51. The van der Waals surface area contributed by atoms with E-state index in [2.05, 4.69) is 26.9 Å². The number of nitrogens with one attached hydrogen (secondary N) is 3. The lowest BCUT2D eigenvalue weighted by atomic mass is 9.83. The maximum atomic E-state index is 13.3. The number of benzene rings is 1. The molecular weight excluding hydrogens is 531 g/mol. The van der Waals surface area contributed by atoms with Crippen LogP contribution >= 0.6 is 0 Å². The zero-order valence-electron chi connectivity index (χ0n) is 23.0. The van der Waals surface area contributed by atoms with Gasteiger partial charge in [0.1, 0.15) is 11.8 Å². The van der Waals surface area contributed by atoms with Gasteiger partial charge in [-0.3, -0.25) is 4.79 Å². The first-order valence-electron chi connectivity index (χ1n) is 13.3. The van der Waals surface area contributed by atoms with Crippen LogP contribution in [0.2, 0.25) is 0 Å². The molecule has 40 heavy (non-hydrogen) atoms. The first-order chi connectivity index (χ1) is 18.8. The normalized spacial score (nSPS) is 30.1. The molecule has 3 N–H and O–H groups in total. The lowest BCUT2D eigenvalue weighted by Gasteiger charge is -2.47. The second-order valence-corrected chi connectivity index (χ2v) is 11.5. The Labute approximate surface area is 231 Å². The highest BCUT2D eigenvalue weighted by Crippen LogP contribution is 2.41. The van der Waals surface area contributed by atoms with E-state index in [1.54, 1.807) is 20.8 Å². The van der Waals surface area contributed by atoms with Crippen LogP contribution in [0.15, 0.2) is 24.3 Å². The number of piperidine rings is 1. The number of nitriles is 1. The van der Waals surface area contributed by atoms with E-state index in [0.29, 0.717) is 31.5 Å². The van der Waals surface area contributed by atoms with Crippen molar-refractivity contribution in [1.29, 1.82) is 5.26 Å². The van der Waals surface area contributed by atoms with Crippen LogP contribution in [0.5, 0.6) is 0 Å². The highest BCUT2D eigenvalue weighted by atomic mass is 19.4. The molecule has 0 bridgehead atoms. The number of hydrazine groups is 1. The molecule has 10 nitrogen and oxygen atoms in total. The third kappa shape index (κ3) is 6.35. The summed E-state index contributed by atoms with van der Waals surface area (Å²) >= 11 is 0. The predicted molar refractivity (Wildman–Crippen MR) is 137 cm³/mol. The molecule has 1 aromatic rings.